The van der Waals surface area contributed by atoms with Gasteiger partial charge in [-0.1, -0.05) is 63.9 Å². The van der Waals surface area contributed by atoms with E-state index in [-0.39, 0.29) is 0 Å². The predicted molar refractivity (Wildman–Crippen MR) is 88.1 cm³/mol. The van der Waals surface area contributed by atoms with E-state index < -0.39 is 0 Å². The van der Waals surface area contributed by atoms with Crippen LogP contribution in [0.15, 0.2) is 30.3 Å². The highest BCUT2D eigenvalue weighted by Crippen LogP contribution is 2.52. The molecule has 0 radical (unpaired) electrons. The Labute approximate surface area is 125 Å². The Morgan fingerprint density at radius 2 is 1.80 bits per heavy atom. The monoisotopic (exact) mass is 273 g/mol. The van der Waals surface area contributed by atoms with Crippen LogP contribution >= 0.6 is 0 Å². The fraction of sp³-hybridized carbons (Fsp3) is 0.684. The van der Waals surface area contributed by atoms with E-state index in [4.69, 9.17) is 0 Å². The number of hydrogen-bond acceptors (Lipinski definition) is 1. The average molecular weight is 273 g/mol. The van der Waals surface area contributed by atoms with Gasteiger partial charge in [0, 0.05) is 11.5 Å². The lowest BCUT2D eigenvalue weighted by atomic mass is 9.84. The van der Waals surface area contributed by atoms with Crippen LogP contribution in [0.5, 0.6) is 0 Å². The van der Waals surface area contributed by atoms with Crippen molar-refractivity contribution < 1.29 is 0 Å². The minimum absolute atomic E-state index is 0.438. The molecule has 1 nitrogen and oxygen atoms in total. The van der Waals surface area contributed by atoms with Crippen molar-refractivity contribution in [3.8, 4) is 0 Å². The van der Waals surface area contributed by atoms with Gasteiger partial charge < -0.3 is 5.32 Å². The van der Waals surface area contributed by atoms with E-state index >= 15 is 0 Å². The van der Waals surface area contributed by atoms with Gasteiger partial charge in [0.2, 0.25) is 0 Å². The number of hydrogen-bond donors (Lipinski definition) is 1. The highest BCUT2D eigenvalue weighted by molar-refractivity contribution is 5.33. The first-order valence-electron chi connectivity index (χ1n) is 8.48. The second kappa shape index (κ2) is 7.26. The summed E-state index contributed by atoms with van der Waals surface area (Å²) in [6, 6.07) is 11.9. The largest absolute Gasteiger partial charge is 0.313 e. The maximum absolute atomic E-state index is 3.84. The van der Waals surface area contributed by atoms with E-state index in [2.05, 4.69) is 56.4 Å². The molecule has 0 saturated heterocycles. The summed E-state index contributed by atoms with van der Waals surface area (Å²) in [7, 11) is 0. The molecule has 0 spiro atoms. The molecule has 1 atom stereocenters. The molecule has 0 heterocycles. The topological polar surface area (TPSA) is 12.0 Å². The van der Waals surface area contributed by atoms with Gasteiger partial charge >= 0.3 is 0 Å². The molecule has 0 aliphatic heterocycles. The Kier molecular flexibility index (Phi) is 5.65. The zero-order valence-electron chi connectivity index (χ0n) is 13.5. The average Bonchev–Trinajstić information content (AvgIpc) is 3.25. The first-order valence-corrected chi connectivity index (χ1v) is 8.48. The van der Waals surface area contributed by atoms with Crippen LogP contribution in [0.25, 0.3) is 0 Å². The first kappa shape index (κ1) is 15.6. The lowest BCUT2D eigenvalue weighted by molar-refractivity contribution is 0.369. The summed E-state index contributed by atoms with van der Waals surface area (Å²) in [5.41, 5.74) is 1.99. The highest BCUT2D eigenvalue weighted by atomic mass is 14.9. The molecular formula is C19H31N. The quantitative estimate of drug-likeness (QED) is 0.674. The molecule has 0 aromatic heterocycles. The Hall–Kier alpha value is -0.820. The summed E-state index contributed by atoms with van der Waals surface area (Å²) >= 11 is 0. The van der Waals surface area contributed by atoms with Gasteiger partial charge in [-0.05, 0) is 43.7 Å². The van der Waals surface area contributed by atoms with Crippen molar-refractivity contribution in [2.75, 3.05) is 6.54 Å². The van der Waals surface area contributed by atoms with Crippen LogP contribution in [-0.4, -0.2) is 12.6 Å². The van der Waals surface area contributed by atoms with Crippen LogP contribution in [0.3, 0.4) is 0 Å². The van der Waals surface area contributed by atoms with E-state index in [0.29, 0.717) is 11.5 Å². The maximum Gasteiger partial charge on any atom is 0.0164 e. The molecule has 1 fully saturated rings. The highest BCUT2D eigenvalue weighted by Gasteiger charge is 2.49. The van der Waals surface area contributed by atoms with E-state index in [1.54, 1.807) is 5.56 Å². The lowest BCUT2D eigenvalue weighted by Gasteiger charge is -2.29. The Balaban J connectivity index is 2.02. The number of nitrogens with one attached hydrogen (secondary N) is 1. The van der Waals surface area contributed by atoms with Crippen molar-refractivity contribution in [2.45, 2.75) is 70.8 Å². The molecular weight excluding hydrogens is 242 g/mol. The van der Waals surface area contributed by atoms with Crippen LogP contribution in [0.4, 0.5) is 0 Å². The Morgan fingerprint density at radius 3 is 2.35 bits per heavy atom. The van der Waals surface area contributed by atoms with E-state index in [0.717, 1.165) is 12.5 Å². The third-order valence-electron chi connectivity index (χ3n) is 4.72. The van der Waals surface area contributed by atoms with Crippen LogP contribution in [-0.2, 0) is 5.41 Å². The van der Waals surface area contributed by atoms with Gasteiger partial charge in [0.05, 0.1) is 0 Å². The molecule has 2 rings (SSSR count). The van der Waals surface area contributed by atoms with E-state index in [1.165, 1.54) is 38.5 Å². The molecule has 20 heavy (non-hydrogen) atoms. The smallest absolute Gasteiger partial charge is 0.0164 e. The summed E-state index contributed by atoms with van der Waals surface area (Å²) in [6.07, 6.45) is 7.99. The molecule has 0 bridgehead atoms. The molecule has 1 unspecified atom stereocenters. The molecule has 1 aromatic rings. The summed E-state index contributed by atoms with van der Waals surface area (Å²) in [5.74, 6) is 0.828. The van der Waals surface area contributed by atoms with Crippen LogP contribution in [0.2, 0.25) is 0 Å². The van der Waals surface area contributed by atoms with E-state index in [1.807, 2.05) is 0 Å². The molecule has 0 amide bonds. The van der Waals surface area contributed by atoms with Crippen molar-refractivity contribution >= 4 is 0 Å². The van der Waals surface area contributed by atoms with Gasteiger partial charge in [0.1, 0.15) is 0 Å². The van der Waals surface area contributed by atoms with Crippen molar-refractivity contribution in [2.24, 2.45) is 5.92 Å². The van der Waals surface area contributed by atoms with Gasteiger partial charge in [-0.2, -0.15) is 0 Å². The summed E-state index contributed by atoms with van der Waals surface area (Å²) in [4.78, 5) is 0. The minimum Gasteiger partial charge on any atom is -0.313 e. The number of rotatable bonds is 9. The van der Waals surface area contributed by atoms with Crippen molar-refractivity contribution in [3.05, 3.63) is 35.9 Å². The second-order valence-corrected chi connectivity index (χ2v) is 6.85. The van der Waals surface area contributed by atoms with Gasteiger partial charge in [-0.3, -0.25) is 0 Å². The third kappa shape index (κ3) is 3.85. The molecule has 1 N–H and O–H groups in total. The van der Waals surface area contributed by atoms with Gasteiger partial charge in [-0.25, -0.2) is 0 Å². The summed E-state index contributed by atoms with van der Waals surface area (Å²) in [5, 5.41) is 3.84. The van der Waals surface area contributed by atoms with Gasteiger partial charge in [0.15, 0.2) is 0 Å². The Bertz CT molecular complexity index is 378. The predicted octanol–water partition coefficient (Wildman–Crippen LogP) is 4.91. The summed E-state index contributed by atoms with van der Waals surface area (Å²) in [6.45, 7) is 8.08. The number of benzene rings is 1. The minimum atomic E-state index is 0.438. The van der Waals surface area contributed by atoms with Gasteiger partial charge in [-0.15, -0.1) is 0 Å². The summed E-state index contributed by atoms with van der Waals surface area (Å²) < 4.78 is 0. The maximum atomic E-state index is 3.84. The van der Waals surface area contributed by atoms with Crippen molar-refractivity contribution in [1.82, 2.24) is 5.32 Å². The van der Waals surface area contributed by atoms with Crippen LogP contribution in [0, 0.1) is 5.92 Å². The fourth-order valence-corrected chi connectivity index (χ4v) is 3.37. The first-order chi connectivity index (χ1) is 9.69. The van der Waals surface area contributed by atoms with Crippen molar-refractivity contribution in [3.63, 3.8) is 0 Å². The fourth-order valence-electron chi connectivity index (χ4n) is 3.37. The molecule has 1 aliphatic carbocycles. The molecule has 112 valence electrons. The van der Waals surface area contributed by atoms with Gasteiger partial charge in [0.25, 0.3) is 0 Å². The molecule has 1 aliphatic rings. The molecule has 1 saturated carbocycles. The zero-order chi connectivity index (χ0) is 14.4. The molecule has 1 aromatic carbocycles. The normalized spacial score (nSPS) is 18.2. The van der Waals surface area contributed by atoms with Crippen LogP contribution < -0.4 is 5.32 Å². The van der Waals surface area contributed by atoms with E-state index in [9.17, 15) is 0 Å². The SMILES string of the molecule is CCCNC(CCCC(C)C)C1(c2ccccc2)CC1. The van der Waals surface area contributed by atoms with Crippen LogP contribution in [0.1, 0.15) is 64.9 Å². The van der Waals surface area contributed by atoms with Crippen molar-refractivity contribution in [1.29, 1.82) is 0 Å². The third-order valence-corrected chi connectivity index (χ3v) is 4.72. The Morgan fingerprint density at radius 1 is 1.10 bits per heavy atom. The second-order valence-electron chi connectivity index (χ2n) is 6.85. The standard InChI is InChI=1S/C19H31N/c1-4-15-20-18(12-8-9-16(2)3)19(13-14-19)17-10-6-5-7-11-17/h5-7,10-11,16,18,20H,4,8-9,12-15H2,1-3H3. The zero-order valence-corrected chi connectivity index (χ0v) is 13.5. The molecule has 1 heteroatoms. The lowest BCUT2D eigenvalue weighted by Crippen LogP contribution is -2.40.